The van der Waals surface area contributed by atoms with Crippen molar-refractivity contribution in [2.24, 2.45) is 5.41 Å². The Kier molecular flexibility index (Phi) is 6.68. The van der Waals surface area contributed by atoms with E-state index in [1.807, 2.05) is 0 Å². The summed E-state index contributed by atoms with van der Waals surface area (Å²) >= 11 is 0. The standard InChI is InChI=1S/C11H22NO4P/c1-6-15-17(14,16-7-2)9-8-12-10(13)11(3,4)5/h8-9H,6-7H2,1-5H3,(H,12,13)/b9-8-. The lowest BCUT2D eigenvalue weighted by Gasteiger charge is -2.16. The maximum absolute atomic E-state index is 12.0. The molecule has 0 radical (unpaired) electrons. The fourth-order valence-corrected chi connectivity index (χ4v) is 2.13. The highest BCUT2D eigenvalue weighted by atomic mass is 31.2. The van der Waals surface area contributed by atoms with Crippen molar-refractivity contribution in [3.63, 3.8) is 0 Å². The molecule has 0 aromatic rings. The van der Waals surface area contributed by atoms with Gasteiger partial charge in [0.2, 0.25) is 5.91 Å². The Morgan fingerprint density at radius 2 is 1.71 bits per heavy atom. The molecule has 5 nitrogen and oxygen atoms in total. The third-order valence-corrected chi connectivity index (χ3v) is 3.52. The topological polar surface area (TPSA) is 64.6 Å². The molecule has 0 saturated carbocycles. The summed E-state index contributed by atoms with van der Waals surface area (Å²) in [4.78, 5) is 11.5. The Balaban J connectivity index is 4.48. The van der Waals surface area contributed by atoms with Crippen LogP contribution in [0.4, 0.5) is 0 Å². The van der Waals surface area contributed by atoms with E-state index in [1.165, 1.54) is 12.0 Å². The first kappa shape index (κ1) is 16.4. The second kappa shape index (κ2) is 6.94. The van der Waals surface area contributed by atoms with Crippen LogP contribution in [0.3, 0.4) is 0 Å². The molecule has 0 aromatic carbocycles. The number of nitrogens with one attached hydrogen (secondary N) is 1. The number of carbonyl (C=O) groups excluding carboxylic acids is 1. The van der Waals surface area contributed by atoms with Crippen molar-refractivity contribution in [1.29, 1.82) is 0 Å². The summed E-state index contributed by atoms with van der Waals surface area (Å²) in [5.41, 5.74) is -0.494. The van der Waals surface area contributed by atoms with Crippen molar-refractivity contribution >= 4 is 13.5 Å². The summed E-state index contributed by atoms with van der Waals surface area (Å²) in [6.07, 6.45) is 1.32. The number of hydrogen-bond acceptors (Lipinski definition) is 4. The zero-order valence-corrected chi connectivity index (χ0v) is 12.0. The molecule has 0 heterocycles. The molecule has 0 spiro atoms. The second-order valence-corrected chi connectivity index (χ2v) is 6.31. The van der Waals surface area contributed by atoms with Gasteiger partial charge in [0, 0.05) is 17.4 Å². The fourth-order valence-electron chi connectivity index (χ4n) is 0.904. The van der Waals surface area contributed by atoms with Gasteiger partial charge in [0.1, 0.15) is 0 Å². The van der Waals surface area contributed by atoms with E-state index in [9.17, 15) is 9.36 Å². The van der Waals surface area contributed by atoms with Crippen LogP contribution in [0.15, 0.2) is 12.0 Å². The maximum Gasteiger partial charge on any atom is 0.355 e. The molecule has 0 bridgehead atoms. The van der Waals surface area contributed by atoms with E-state index in [-0.39, 0.29) is 19.1 Å². The summed E-state index contributed by atoms with van der Waals surface area (Å²) in [7, 11) is -3.22. The van der Waals surface area contributed by atoms with E-state index in [4.69, 9.17) is 9.05 Å². The van der Waals surface area contributed by atoms with E-state index in [0.29, 0.717) is 0 Å². The molecule has 1 N–H and O–H groups in total. The minimum atomic E-state index is -3.22. The molecular formula is C11H22NO4P. The Hall–Kier alpha value is -0.640. The van der Waals surface area contributed by atoms with E-state index >= 15 is 0 Å². The highest BCUT2D eigenvalue weighted by Gasteiger charge is 2.22. The van der Waals surface area contributed by atoms with Gasteiger partial charge in [-0.1, -0.05) is 20.8 Å². The van der Waals surface area contributed by atoms with Crippen LogP contribution in [0.2, 0.25) is 0 Å². The van der Waals surface area contributed by atoms with E-state index < -0.39 is 13.0 Å². The number of rotatable bonds is 6. The van der Waals surface area contributed by atoms with Crippen molar-refractivity contribution in [3.8, 4) is 0 Å². The lowest BCUT2D eigenvalue weighted by atomic mass is 9.96. The highest BCUT2D eigenvalue weighted by molar-refractivity contribution is 7.57. The first-order valence-electron chi connectivity index (χ1n) is 5.62. The minimum absolute atomic E-state index is 0.159. The van der Waals surface area contributed by atoms with Crippen LogP contribution in [-0.4, -0.2) is 19.1 Å². The molecule has 0 aliphatic carbocycles. The predicted octanol–water partition coefficient (Wildman–Crippen LogP) is 2.89. The minimum Gasteiger partial charge on any atom is -0.332 e. The monoisotopic (exact) mass is 263 g/mol. The Morgan fingerprint density at radius 3 is 2.06 bits per heavy atom. The first-order chi connectivity index (χ1) is 7.75. The van der Waals surface area contributed by atoms with Crippen LogP contribution in [0, 0.1) is 5.41 Å². The average molecular weight is 263 g/mol. The Labute approximate surface area is 103 Å². The second-order valence-electron chi connectivity index (χ2n) is 4.41. The van der Waals surface area contributed by atoms with Crippen molar-refractivity contribution in [2.45, 2.75) is 34.6 Å². The number of carbonyl (C=O) groups is 1. The van der Waals surface area contributed by atoms with Gasteiger partial charge in [0.15, 0.2) is 0 Å². The molecule has 0 saturated heterocycles. The Morgan fingerprint density at radius 1 is 1.24 bits per heavy atom. The summed E-state index contributed by atoms with van der Waals surface area (Å²) < 4.78 is 22.0. The molecule has 1 amide bonds. The van der Waals surface area contributed by atoms with Crippen molar-refractivity contribution in [2.75, 3.05) is 13.2 Å². The van der Waals surface area contributed by atoms with Gasteiger partial charge >= 0.3 is 7.60 Å². The third kappa shape index (κ3) is 6.61. The SMILES string of the molecule is CCOP(=O)(/C=C\NC(=O)C(C)(C)C)OCC. The van der Waals surface area contributed by atoms with Gasteiger partial charge in [-0.05, 0) is 13.8 Å². The third-order valence-electron chi connectivity index (χ3n) is 1.77. The molecule has 6 heteroatoms. The molecule has 0 fully saturated rings. The summed E-state index contributed by atoms with van der Waals surface area (Å²) in [5, 5.41) is 2.54. The van der Waals surface area contributed by atoms with E-state index in [1.54, 1.807) is 34.6 Å². The van der Waals surface area contributed by atoms with Crippen LogP contribution in [-0.2, 0) is 18.4 Å². The van der Waals surface area contributed by atoms with Crippen molar-refractivity contribution < 1.29 is 18.4 Å². The maximum atomic E-state index is 12.0. The van der Waals surface area contributed by atoms with E-state index in [2.05, 4.69) is 5.32 Å². The van der Waals surface area contributed by atoms with Gasteiger partial charge in [-0.15, -0.1) is 0 Å². The zero-order chi connectivity index (χ0) is 13.5. The van der Waals surface area contributed by atoms with Gasteiger partial charge in [-0.3, -0.25) is 9.36 Å². The molecule has 0 atom stereocenters. The molecular weight excluding hydrogens is 241 g/mol. The lowest BCUT2D eigenvalue weighted by Crippen LogP contribution is -2.31. The predicted molar refractivity (Wildman–Crippen MR) is 67.6 cm³/mol. The summed E-state index contributed by atoms with van der Waals surface area (Å²) in [6.45, 7) is 9.41. The quantitative estimate of drug-likeness (QED) is 0.748. The van der Waals surface area contributed by atoms with Gasteiger partial charge in [-0.2, -0.15) is 0 Å². The highest BCUT2D eigenvalue weighted by Crippen LogP contribution is 2.49. The van der Waals surface area contributed by atoms with Crippen LogP contribution in [0.25, 0.3) is 0 Å². The lowest BCUT2D eigenvalue weighted by molar-refractivity contribution is -0.127. The van der Waals surface area contributed by atoms with Crippen LogP contribution < -0.4 is 5.32 Å². The van der Waals surface area contributed by atoms with E-state index in [0.717, 1.165) is 0 Å². The van der Waals surface area contributed by atoms with Crippen LogP contribution in [0.5, 0.6) is 0 Å². The molecule has 0 unspecified atom stereocenters. The van der Waals surface area contributed by atoms with Crippen LogP contribution in [0.1, 0.15) is 34.6 Å². The first-order valence-corrected chi connectivity index (χ1v) is 7.24. The summed E-state index contributed by atoms with van der Waals surface area (Å²) in [6, 6.07) is 0. The van der Waals surface area contributed by atoms with Crippen molar-refractivity contribution in [3.05, 3.63) is 12.0 Å². The summed E-state index contributed by atoms with van der Waals surface area (Å²) in [5.74, 6) is 1.11. The van der Waals surface area contributed by atoms with Crippen LogP contribution >= 0.6 is 7.60 Å². The molecule has 0 aliphatic heterocycles. The molecule has 17 heavy (non-hydrogen) atoms. The largest absolute Gasteiger partial charge is 0.355 e. The molecule has 0 aliphatic rings. The van der Waals surface area contributed by atoms with Gasteiger partial charge in [-0.25, -0.2) is 0 Å². The molecule has 0 aromatic heterocycles. The van der Waals surface area contributed by atoms with Gasteiger partial charge < -0.3 is 14.4 Å². The van der Waals surface area contributed by atoms with Gasteiger partial charge in [0.25, 0.3) is 0 Å². The zero-order valence-electron chi connectivity index (χ0n) is 11.1. The molecule has 100 valence electrons. The number of hydrogen-bond donors (Lipinski definition) is 1. The molecule has 0 rings (SSSR count). The normalized spacial score (nSPS) is 13.0. The fraction of sp³-hybridized carbons (Fsp3) is 0.727. The smallest absolute Gasteiger partial charge is 0.332 e. The van der Waals surface area contributed by atoms with Gasteiger partial charge in [0.05, 0.1) is 13.2 Å². The number of amides is 1. The average Bonchev–Trinajstić information content (AvgIpc) is 2.16. The van der Waals surface area contributed by atoms with Crippen molar-refractivity contribution in [1.82, 2.24) is 5.32 Å². The Bertz CT molecular complexity index is 310.